The first kappa shape index (κ1) is 22.9. The number of benzene rings is 2. The number of hydrogen-bond donors (Lipinski definition) is 0. The fourth-order valence-corrected chi connectivity index (χ4v) is 5.47. The summed E-state index contributed by atoms with van der Waals surface area (Å²) in [7, 11) is -3.82. The van der Waals surface area contributed by atoms with Gasteiger partial charge >= 0.3 is 0 Å². The van der Waals surface area contributed by atoms with E-state index >= 15 is 0 Å². The van der Waals surface area contributed by atoms with Gasteiger partial charge in [0.1, 0.15) is 0 Å². The lowest BCUT2D eigenvalue weighted by atomic mass is 10.2. The molecule has 0 atom stereocenters. The Kier molecular flexibility index (Phi) is 7.79. The van der Waals surface area contributed by atoms with E-state index in [1.54, 1.807) is 34.4 Å². The van der Waals surface area contributed by atoms with Gasteiger partial charge in [0, 0.05) is 22.8 Å². The molecule has 162 valence electrons. The van der Waals surface area contributed by atoms with Crippen LogP contribution in [0.1, 0.15) is 15.3 Å². The Morgan fingerprint density at radius 3 is 2.19 bits per heavy atom. The summed E-state index contributed by atoms with van der Waals surface area (Å²) >= 11 is 1.63. The van der Waals surface area contributed by atoms with Crippen LogP contribution in [0.25, 0.3) is 0 Å². The Morgan fingerprint density at radius 2 is 1.61 bits per heavy atom. The first-order chi connectivity index (χ1) is 14.9. The van der Waals surface area contributed by atoms with Crippen molar-refractivity contribution in [1.82, 2.24) is 9.21 Å². The first-order valence-corrected chi connectivity index (χ1v) is 12.2. The van der Waals surface area contributed by atoms with Crippen LogP contribution in [0.15, 0.2) is 90.3 Å². The number of amides is 1. The second-order valence-electron chi connectivity index (χ2n) is 7.15. The highest BCUT2D eigenvalue weighted by Crippen LogP contribution is 2.20. The van der Waals surface area contributed by atoms with Gasteiger partial charge in [-0.25, -0.2) is 8.42 Å². The van der Waals surface area contributed by atoms with Crippen molar-refractivity contribution in [3.63, 3.8) is 0 Å². The van der Waals surface area contributed by atoms with Crippen molar-refractivity contribution in [2.24, 2.45) is 0 Å². The fraction of sp³-hybridized carbons (Fsp3) is 0.208. The number of aryl methyl sites for hydroxylation is 1. The molecule has 2 aromatic carbocycles. The average molecular weight is 455 g/mol. The Labute approximate surface area is 188 Å². The quantitative estimate of drug-likeness (QED) is 0.425. The highest BCUT2D eigenvalue weighted by atomic mass is 32.2. The summed E-state index contributed by atoms with van der Waals surface area (Å²) in [4.78, 5) is 17.4. The molecule has 5 nitrogen and oxygen atoms in total. The van der Waals surface area contributed by atoms with Crippen LogP contribution in [0.5, 0.6) is 0 Å². The zero-order valence-electron chi connectivity index (χ0n) is 17.5. The number of thiophene rings is 1. The minimum Gasteiger partial charge on any atom is -0.332 e. The second kappa shape index (κ2) is 10.5. The highest BCUT2D eigenvalue weighted by Gasteiger charge is 2.28. The number of hydrogen-bond acceptors (Lipinski definition) is 4. The molecule has 1 amide bonds. The molecule has 0 aliphatic heterocycles. The van der Waals surface area contributed by atoms with E-state index in [9.17, 15) is 13.2 Å². The van der Waals surface area contributed by atoms with E-state index in [-0.39, 0.29) is 23.9 Å². The van der Waals surface area contributed by atoms with Crippen molar-refractivity contribution in [3.05, 3.63) is 101 Å². The van der Waals surface area contributed by atoms with Gasteiger partial charge < -0.3 is 4.90 Å². The number of carbonyl (C=O) groups excluding carboxylic acids is 1. The zero-order chi connectivity index (χ0) is 22.3. The number of rotatable bonds is 10. The maximum atomic E-state index is 13.3. The van der Waals surface area contributed by atoms with Crippen LogP contribution in [0.4, 0.5) is 0 Å². The third-order valence-corrected chi connectivity index (χ3v) is 7.55. The molecule has 3 rings (SSSR count). The summed E-state index contributed by atoms with van der Waals surface area (Å²) in [5, 5.41) is 0. The number of carbonyl (C=O) groups is 1. The van der Waals surface area contributed by atoms with Gasteiger partial charge in [0.2, 0.25) is 15.9 Å². The molecule has 0 N–H and O–H groups in total. The molecule has 0 saturated heterocycles. The van der Waals surface area contributed by atoms with E-state index in [2.05, 4.69) is 6.58 Å². The van der Waals surface area contributed by atoms with Crippen molar-refractivity contribution in [1.29, 1.82) is 0 Å². The molecule has 0 saturated carbocycles. The summed E-state index contributed by atoms with van der Waals surface area (Å²) < 4.78 is 27.4. The summed E-state index contributed by atoms with van der Waals surface area (Å²) in [6.45, 7) is 6.34. The Morgan fingerprint density at radius 1 is 0.968 bits per heavy atom. The predicted molar refractivity (Wildman–Crippen MR) is 125 cm³/mol. The molecule has 0 spiro atoms. The van der Waals surface area contributed by atoms with Crippen LogP contribution < -0.4 is 0 Å². The largest absolute Gasteiger partial charge is 0.332 e. The minimum atomic E-state index is -3.82. The monoisotopic (exact) mass is 454 g/mol. The smallest absolute Gasteiger partial charge is 0.243 e. The van der Waals surface area contributed by atoms with E-state index in [0.717, 1.165) is 10.4 Å². The predicted octanol–water partition coefficient (Wildman–Crippen LogP) is 4.46. The molecular weight excluding hydrogens is 428 g/mol. The van der Waals surface area contributed by atoms with Gasteiger partial charge in [-0.2, -0.15) is 4.31 Å². The van der Waals surface area contributed by atoms with Gasteiger partial charge in [-0.05, 0) is 36.8 Å². The molecule has 0 bridgehead atoms. The lowest BCUT2D eigenvalue weighted by molar-refractivity contribution is -0.132. The van der Waals surface area contributed by atoms with Crippen LogP contribution in [0, 0.1) is 6.92 Å². The van der Waals surface area contributed by atoms with E-state index in [1.165, 1.54) is 27.4 Å². The second-order valence-corrected chi connectivity index (χ2v) is 10.5. The van der Waals surface area contributed by atoms with E-state index in [4.69, 9.17) is 0 Å². The van der Waals surface area contributed by atoms with Crippen molar-refractivity contribution in [2.75, 3.05) is 13.1 Å². The Balaban J connectivity index is 1.84. The number of sulfonamides is 1. The van der Waals surface area contributed by atoms with Crippen molar-refractivity contribution in [2.45, 2.75) is 24.9 Å². The molecule has 0 unspecified atom stereocenters. The standard InChI is InChI=1S/C24H26N2O3S2/c1-3-16-26(31(28,29)23-12-8-5-9-13-23)19-24(27)25(17-21-10-6-4-7-11-21)18-22-15-14-20(2)30-22/h3-15H,1,16-19H2,2H3. The fourth-order valence-electron chi connectivity index (χ4n) is 3.18. The van der Waals surface area contributed by atoms with Gasteiger partial charge in [-0.1, -0.05) is 54.6 Å². The topological polar surface area (TPSA) is 57.7 Å². The summed E-state index contributed by atoms with van der Waals surface area (Å²) in [5.74, 6) is -0.253. The van der Waals surface area contributed by atoms with Crippen molar-refractivity contribution < 1.29 is 13.2 Å². The summed E-state index contributed by atoms with van der Waals surface area (Å²) in [6.07, 6.45) is 1.50. The molecule has 31 heavy (non-hydrogen) atoms. The molecule has 1 aromatic heterocycles. The Hall–Kier alpha value is -2.74. The van der Waals surface area contributed by atoms with Gasteiger partial charge in [0.25, 0.3) is 0 Å². The van der Waals surface area contributed by atoms with E-state index < -0.39 is 10.0 Å². The van der Waals surface area contributed by atoms with Gasteiger partial charge in [-0.3, -0.25) is 4.79 Å². The van der Waals surface area contributed by atoms with Crippen LogP contribution in [0.3, 0.4) is 0 Å². The van der Waals surface area contributed by atoms with Crippen LogP contribution in [-0.4, -0.2) is 36.6 Å². The van der Waals surface area contributed by atoms with Crippen LogP contribution in [-0.2, 0) is 27.9 Å². The molecule has 7 heteroatoms. The number of nitrogens with zero attached hydrogens (tertiary/aromatic N) is 2. The van der Waals surface area contributed by atoms with Gasteiger partial charge in [0.15, 0.2) is 0 Å². The van der Waals surface area contributed by atoms with Crippen LogP contribution in [0.2, 0.25) is 0 Å². The van der Waals surface area contributed by atoms with Crippen molar-refractivity contribution in [3.8, 4) is 0 Å². The average Bonchev–Trinajstić information content (AvgIpc) is 3.19. The SMILES string of the molecule is C=CCN(CC(=O)N(Cc1ccccc1)Cc1ccc(C)s1)S(=O)(=O)c1ccccc1. The molecule has 0 aliphatic rings. The molecule has 3 aromatic rings. The maximum Gasteiger partial charge on any atom is 0.243 e. The molecule has 0 aliphatic carbocycles. The van der Waals surface area contributed by atoms with Gasteiger partial charge in [-0.15, -0.1) is 17.9 Å². The van der Waals surface area contributed by atoms with Gasteiger partial charge in [0.05, 0.1) is 18.0 Å². The zero-order valence-corrected chi connectivity index (χ0v) is 19.1. The lowest BCUT2D eigenvalue weighted by Gasteiger charge is -2.26. The highest BCUT2D eigenvalue weighted by molar-refractivity contribution is 7.89. The van der Waals surface area contributed by atoms with E-state index in [1.807, 2.05) is 49.4 Å². The van der Waals surface area contributed by atoms with E-state index in [0.29, 0.717) is 13.1 Å². The first-order valence-electron chi connectivity index (χ1n) is 9.93. The summed E-state index contributed by atoms with van der Waals surface area (Å²) in [5.41, 5.74) is 0.991. The minimum absolute atomic E-state index is 0.0558. The third kappa shape index (κ3) is 6.13. The van der Waals surface area contributed by atoms with Crippen LogP contribution >= 0.6 is 11.3 Å². The molecular formula is C24H26N2O3S2. The Bertz CT molecular complexity index is 1110. The normalized spacial score (nSPS) is 11.4. The molecule has 1 heterocycles. The third-order valence-electron chi connectivity index (χ3n) is 4.74. The summed E-state index contributed by atoms with van der Waals surface area (Å²) in [6, 6.07) is 21.9. The maximum absolute atomic E-state index is 13.3. The molecule has 0 fully saturated rings. The molecule has 0 radical (unpaired) electrons. The van der Waals surface area contributed by atoms with Crippen molar-refractivity contribution >= 4 is 27.3 Å². The lowest BCUT2D eigenvalue weighted by Crippen LogP contribution is -2.42.